The molecule has 3 N–H and O–H groups in total. The highest BCUT2D eigenvalue weighted by Gasteiger charge is 2.54. The zero-order valence-corrected chi connectivity index (χ0v) is 25.0. The Kier molecular flexibility index (Phi) is 11.6. The molecule has 2 aliphatic rings. The largest absolute Gasteiger partial charge is 0.480 e. The Hall–Kier alpha value is -3.38. The number of aromatic nitrogens is 2. The summed E-state index contributed by atoms with van der Waals surface area (Å²) in [6.07, 6.45) is 4.89. The van der Waals surface area contributed by atoms with Crippen molar-refractivity contribution in [2.45, 2.75) is 82.2 Å². The van der Waals surface area contributed by atoms with Crippen LogP contribution in [0.1, 0.15) is 62.3 Å². The summed E-state index contributed by atoms with van der Waals surface area (Å²) in [5, 5.41) is 16.0. The van der Waals surface area contributed by atoms with Crippen molar-refractivity contribution in [2.24, 2.45) is 0 Å². The molecule has 12 heteroatoms. The number of alkyl halides is 2. The summed E-state index contributed by atoms with van der Waals surface area (Å²) in [5.74, 6) is -0.622. The minimum absolute atomic E-state index is 0.0295. The monoisotopic (exact) mass is 603 g/mol. The number of anilines is 1. The van der Waals surface area contributed by atoms with E-state index < -0.39 is 42.5 Å². The molecule has 2 aromatic heterocycles. The number of aryl methyl sites for hydroxylation is 2. The van der Waals surface area contributed by atoms with E-state index in [2.05, 4.69) is 27.8 Å². The summed E-state index contributed by atoms with van der Waals surface area (Å²) in [6, 6.07) is 6.34. The van der Waals surface area contributed by atoms with Gasteiger partial charge in [0.05, 0.1) is 11.5 Å². The molecule has 1 aliphatic heterocycles. The molecule has 3 heterocycles. The van der Waals surface area contributed by atoms with Crippen LogP contribution in [0.4, 0.5) is 14.6 Å². The van der Waals surface area contributed by atoms with E-state index in [0.29, 0.717) is 38.0 Å². The zero-order chi connectivity index (χ0) is 30.8. The van der Waals surface area contributed by atoms with Crippen molar-refractivity contribution in [3.63, 3.8) is 0 Å². The fourth-order valence-electron chi connectivity index (χ4n) is 5.53. The Morgan fingerprint density at radius 1 is 1.23 bits per heavy atom. The molecule has 1 aliphatic carbocycles. The SMILES string of the molecule is COC(CF)CN(CCCCc1ccc2c(n1)NCCC2)CCC(NC(=O)C1(c2cccnc2OC(C)F)CC1)C(=O)O. The fourth-order valence-corrected chi connectivity index (χ4v) is 5.53. The molecule has 0 radical (unpaired) electrons. The number of carbonyl (C=O) groups is 2. The average molecular weight is 604 g/mol. The number of unbranched alkanes of at least 4 members (excludes halogenated alkanes) is 1. The van der Waals surface area contributed by atoms with Crippen LogP contribution in [0.15, 0.2) is 30.5 Å². The summed E-state index contributed by atoms with van der Waals surface area (Å²) in [4.78, 5) is 36.4. The number of hydrogen-bond donors (Lipinski definition) is 3. The molecule has 2 aromatic rings. The van der Waals surface area contributed by atoms with Crippen LogP contribution in [0, 0.1) is 0 Å². The molecule has 236 valence electrons. The van der Waals surface area contributed by atoms with E-state index in [1.165, 1.54) is 25.8 Å². The van der Waals surface area contributed by atoms with Crippen molar-refractivity contribution in [1.82, 2.24) is 20.2 Å². The molecule has 0 bridgehead atoms. The lowest BCUT2D eigenvalue weighted by Gasteiger charge is -2.27. The quantitative estimate of drug-likeness (QED) is 0.218. The van der Waals surface area contributed by atoms with Crippen molar-refractivity contribution < 1.29 is 33.0 Å². The molecule has 0 spiro atoms. The van der Waals surface area contributed by atoms with Crippen molar-refractivity contribution in [2.75, 3.05) is 45.3 Å². The Labute approximate surface area is 251 Å². The Morgan fingerprint density at radius 3 is 2.74 bits per heavy atom. The molecule has 1 amide bonds. The van der Waals surface area contributed by atoms with E-state index in [-0.39, 0.29) is 12.3 Å². The van der Waals surface area contributed by atoms with Crippen LogP contribution in [0.5, 0.6) is 5.88 Å². The van der Waals surface area contributed by atoms with Crippen LogP contribution in [-0.4, -0.2) is 90.3 Å². The number of carboxylic acid groups (broad SMARTS) is 1. The van der Waals surface area contributed by atoms with Gasteiger partial charge in [-0.1, -0.05) is 12.1 Å². The molecular weight excluding hydrogens is 560 g/mol. The highest BCUT2D eigenvalue weighted by Crippen LogP contribution is 2.51. The van der Waals surface area contributed by atoms with Gasteiger partial charge in [-0.05, 0) is 75.6 Å². The maximum atomic E-state index is 13.6. The van der Waals surface area contributed by atoms with E-state index in [9.17, 15) is 23.5 Å². The number of pyridine rings is 2. The number of amides is 1. The third kappa shape index (κ3) is 8.82. The lowest BCUT2D eigenvalue weighted by Crippen LogP contribution is -2.47. The summed E-state index contributed by atoms with van der Waals surface area (Å²) in [5.41, 5.74) is 1.69. The number of rotatable bonds is 18. The smallest absolute Gasteiger partial charge is 0.326 e. The molecule has 3 unspecified atom stereocenters. The first-order valence-electron chi connectivity index (χ1n) is 15.1. The van der Waals surface area contributed by atoms with E-state index in [1.54, 1.807) is 12.1 Å². The molecule has 3 atom stereocenters. The Balaban J connectivity index is 1.34. The van der Waals surface area contributed by atoms with Gasteiger partial charge in [-0.25, -0.2) is 23.5 Å². The predicted octanol–water partition coefficient (Wildman–Crippen LogP) is 3.83. The van der Waals surface area contributed by atoms with Gasteiger partial charge in [0.1, 0.15) is 18.5 Å². The van der Waals surface area contributed by atoms with Crippen molar-refractivity contribution in [3.05, 3.63) is 47.3 Å². The Bertz CT molecular complexity index is 1220. The number of nitrogens with one attached hydrogen (secondary N) is 2. The van der Waals surface area contributed by atoms with Gasteiger partial charge in [0.2, 0.25) is 18.1 Å². The number of hydrogen-bond acceptors (Lipinski definition) is 8. The lowest BCUT2D eigenvalue weighted by molar-refractivity contribution is -0.142. The van der Waals surface area contributed by atoms with Gasteiger partial charge in [-0.2, -0.15) is 0 Å². The summed E-state index contributed by atoms with van der Waals surface area (Å²) in [6.45, 7) is 2.74. The predicted molar refractivity (Wildman–Crippen MR) is 158 cm³/mol. The number of carbonyl (C=O) groups excluding carboxylic acids is 1. The number of methoxy groups -OCH3 is 1. The summed E-state index contributed by atoms with van der Waals surface area (Å²) in [7, 11) is 1.45. The van der Waals surface area contributed by atoms with Crippen LogP contribution in [0.2, 0.25) is 0 Å². The number of fused-ring (bicyclic) bond motifs is 1. The van der Waals surface area contributed by atoms with Crippen LogP contribution < -0.4 is 15.4 Å². The minimum Gasteiger partial charge on any atom is -0.480 e. The topological polar surface area (TPSA) is 126 Å². The fraction of sp³-hybridized carbons (Fsp3) is 0.613. The van der Waals surface area contributed by atoms with Crippen molar-refractivity contribution in [3.8, 4) is 5.88 Å². The zero-order valence-electron chi connectivity index (χ0n) is 25.0. The second kappa shape index (κ2) is 15.4. The van der Waals surface area contributed by atoms with E-state index in [1.807, 2.05) is 4.90 Å². The van der Waals surface area contributed by atoms with Crippen LogP contribution >= 0.6 is 0 Å². The lowest BCUT2D eigenvalue weighted by atomic mass is 9.95. The second-order valence-electron chi connectivity index (χ2n) is 11.4. The number of ether oxygens (including phenoxy) is 2. The normalized spacial score (nSPS) is 17.3. The van der Waals surface area contributed by atoms with Gasteiger partial charge in [-0.15, -0.1) is 0 Å². The van der Waals surface area contributed by atoms with Gasteiger partial charge < -0.3 is 30.1 Å². The van der Waals surface area contributed by atoms with Gasteiger partial charge >= 0.3 is 5.97 Å². The molecule has 1 saturated carbocycles. The molecule has 0 aromatic carbocycles. The Morgan fingerprint density at radius 2 is 2.05 bits per heavy atom. The first-order chi connectivity index (χ1) is 20.8. The molecule has 1 fully saturated rings. The van der Waals surface area contributed by atoms with Gasteiger partial charge in [-0.3, -0.25) is 4.79 Å². The first kappa shape index (κ1) is 32.5. The third-order valence-electron chi connectivity index (χ3n) is 8.16. The second-order valence-corrected chi connectivity index (χ2v) is 11.4. The molecule has 10 nitrogen and oxygen atoms in total. The molecule has 0 saturated heterocycles. The highest BCUT2D eigenvalue weighted by molar-refractivity contribution is 5.94. The third-order valence-corrected chi connectivity index (χ3v) is 8.16. The number of aliphatic carboxylic acids is 1. The van der Waals surface area contributed by atoms with E-state index in [4.69, 9.17) is 14.5 Å². The molecular formula is C31H43F2N5O5. The van der Waals surface area contributed by atoms with Crippen molar-refractivity contribution in [1.29, 1.82) is 0 Å². The maximum absolute atomic E-state index is 13.6. The molecule has 4 rings (SSSR count). The van der Waals surface area contributed by atoms with Gasteiger partial charge in [0.15, 0.2) is 0 Å². The number of halogens is 2. The van der Waals surface area contributed by atoms with E-state index >= 15 is 0 Å². The minimum atomic E-state index is -1.61. The van der Waals surface area contributed by atoms with Crippen LogP contribution in [-0.2, 0) is 32.6 Å². The standard InChI is InChI=1S/C31H43F2N5O5/c1-21(33)43-28-25(9-6-16-35-28)31(13-14-31)30(41)37-26(29(39)40)12-18-38(20-24(19-32)42-2)17-4-3-8-23-11-10-22-7-5-15-34-27(22)36-23/h6,9-11,16,21,24,26H,3-5,7-8,12-15,17-20H2,1-2H3,(H,34,36)(H,37,41)(H,39,40). The van der Waals surface area contributed by atoms with Gasteiger partial charge in [0, 0.05) is 51.1 Å². The number of carboxylic acids is 1. The van der Waals surface area contributed by atoms with Crippen molar-refractivity contribution >= 4 is 17.7 Å². The highest BCUT2D eigenvalue weighted by atomic mass is 19.1. The summed E-state index contributed by atoms with van der Waals surface area (Å²) >= 11 is 0. The van der Waals surface area contributed by atoms with Crippen LogP contribution in [0.3, 0.4) is 0 Å². The number of nitrogens with zero attached hydrogens (tertiary/aromatic N) is 3. The summed E-state index contributed by atoms with van der Waals surface area (Å²) < 4.78 is 37.5. The first-order valence-corrected chi connectivity index (χ1v) is 15.1. The van der Waals surface area contributed by atoms with Gasteiger partial charge in [0.25, 0.3) is 0 Å². The average Bonchev–Trinajstić information content (AvgIpc) is 3.81. The molecule has 43 heavy (non-hydrogen) atoms. The van der Waals surface area contributed by atoms with Crippen LogP contribution in [0.25, 0.3) is 0 Å². The maximum Gasteiger partial charge on any atom is 0.326 e. The van der Waals surface area contributed by atoms with E-state index in [0.717, 1.165) is 50.2 Å².